The van der Waals surface area contributed by atoms with Crippen LogP contribution in [0, 0.1) is 5.41 Å². The van der Waals surface area contributed by atoms with Gasteiger partial charge in [0.2, 0.25) is 5.91 Å². The Labute approximate surface area is 99.8 Å². The van der Waals surface area contributed by atoms with Gasteiger partial charge in [0.15, 0.2) is 0 Å². The summed E-state index contributed by atoms with van der Waals surface area (Å²) < 4.78 is 0. The first-order valence-corrected chi connectivity index (χ1v) is 5.12. The van der Waals surface area contributed by atoms with Gasteiger partial charge in [-0.25, -0.2) is 0 Å². The number of amides is 1. The van der Waals surface area contributed by atoms with Gasteiger partial charge in [0.05, 0.1) is 6.54 Å². The summed E-state index contributed by atoms with van der Waals surface area (Å²) in [5.74, 6) is 0.0572. The highest BCUT2D eigenvalue weighted by atomic mass is 35.5. The molecule has 0 aromatic rings. The molecule has 0 radical (unpaired) electrons. The summed E-state index contributed by atoms with van der Waals surface area (Å²) in [5.41, 5.74) is 0.0998. The Morgan fingerprint density at radius 1 is 1.13 bits per heavy atom. The largest absolute Gasteiger partial charge is 0.350 e. The van der Waals surface area contributed by atoms with Crippen LogP contribution in [0.4, 0.5) is 0 Å². The van der Waals surface area contributed by atoms with E-state index in [0.717, 1.165) is 6.42 Å². The zero-order valence-electron chi connectivity index (χ0n) is 10.7. The first-order chi connectivity index (χ1) is 6.16. The van der Waals surface area contributed by atoms with E-state index in [0.29, 0.717) is 6.54 Å². The van der Waals surface area contributed by atoms with E-state index in [2.05, 4.69) is 45.3 Å². The van der Waals surface area contributed by atoms with Crippen LogP contribution in [-0.2, 0) is 4.79 Å². The van der Waals surface area contributed by atoms with E-state index in [1.165, 1.54) is 0 Å². The van der Waals surface area contributed by atoms with Crippen molar-refractivity contribution < 1.29 is 4.79 Å². The van der Waals surface area contributed by atoms with Crippen molar-refractivity contribution in [3.63, 3.8) is 0 Å². The lowest BCUT2D eigenvalue weighted by Crippen LogP contribution is -2.48. The number of rotatable bonds is 4. The van der Waals surface area contributed by atoms with Crippen molar-refractivity contribution in [1.29, 1.82) is 0 Å². The molecule has 0 atom stereocenters. The third-order valence-corrected chi connectivity index (χ3v) is 1.79. The van der Waals surface area contributed by atoms with Crippen LogP contribution in [0.5, 0.6) is 0 Å². The molecule has 0 spiro atoms. The van der Waals surface area contributed by atoms with Gasteiger partial charge in [0.1, 0.15) is 0 Å². The van der Waals surface area contributed by atoms with Crippen molar-refractivity contribution in [2.24, 2.45) is 5.41 Å². The SMILES string of the molecule is CNCC(=O)NC(C)(C)CC(C)(C)C.Cl. The average molecular weight is 237 g/mol. The maximum Gasteiger partial charge on any atom is 0.234 e. The molecule has 1 amide bonds. The molecule has 0 aliphatic heterocycles. The summed E-state index contributed by atoms with van der Waals surface area (Å²) in [5, 5.41) is 5.85. The maximum absolute atomic E-state index is 11.4. The minimum Gasteiger partial charge on any atom is -0.350 e. The van der Waals surface area contributed by atoms with Crippen LogP contribution in [-0.4, -0.2) is 25.0 Å². The van der Waals surface area contributed by atoms with Gasteiger partial charge in [-0.15, -0.1) is 12.4 Å². The van der Waals surface area contributed by atoms with E-state index in [1.807, 2.05) is 0 Å². The molecule has 0 aromatic heterocycles. The second-order valence-electron chi connectivity index (χ2n) is 5.70. The van der Waals surface area contributed by atoms with Crippen molar-refractivity contribution in [2.45, 2.75) is 46.6 Å². The molecule has 2 N–H and O–H groups in total. The van der Waals surface area contributed by atoms with E-state index in [9.17, 15) is 4.79 Å². The molecule has 4 heteroatoms. The summed E-state index contributed by atoms with van der Waals surface area (Å²) in [4.78, 5) is 11.4. The normalized spacial score (nSPS) is 11.9. The molecule has 0 heterocycles. The monoisotopic (exact) mass is 236 g/mol. The minimum atomic E-state index is -0.133. The van der Waals surface area contributed by atoms with Gasteiger partial charge in [-0.05, 0) is 32.7 Å². The maximum atomic E-state index is 11.4. The highest BCUT2D eigenvalue weighted by Gasteiger charge is 2.26. The quantitative estimate of drug-likeness (QED) is 0.784. The van der Waals surface area contributed by atoms with Crippen molar-refractivity contribution in [1.82, 2.24) is 10.6 Å². The fraction of sp³-hybridized carbons (Fsp3) is 0.909. The topological polar surface area (TPSA) is 41.1 Å². The molecule has 0 aromatic carbocycles. The second kappa shape index (κ2) is 6.33. The predicted octanol–water partition coefficient (Wildman–Crippen LogP) is 1.96. The molecule has 0 unspecified atom stereocenters. The Bertz CT molecular complexity index is 197. The summed E-state index contributed by atoms with van der Waals surface area (Å²) in [6.45, 7) is 11.0. The van der Waals surface area contributed by atoms with Crippen LogP contribution in [0.3, 0.4) is 0 Å². The number of carbonyl (C=O) groups excluding carboxylic acids is 1. The second-order valence-corrected chi connectivity index (χ2v) is 5.70. The van der Waals surface area contributed by atoms with Crippen molar-refractivity contribution in [2.75, 3.05) is 13.6 Å². The number of halogens is 1. The molecule has 0 rings (SSSR count). The zero-order chi connectivity index (χ0) is 11.4. The highest BCUT2D eigenvalue weighted by molar-refractivity contribution is 5.85. The zero-order valence-corrected chi connectivity index (χ0v) is 11.5. The van der Waals surface area contributed by atoms with Crippen LogP contribution in [0.1, 0.15) is 41.0 Å². The molecule has 92 valence electrons. The van der Waals surface area contributed by atoms with Gasteiger partial charge in [0, 0.05) is 5.54 Å². The van der Waals surface area contributed by atoms with Crippen molar-refractivity contribution >= 4 is 18.3 Å². The lowest BCUT2D eigenvalue weighted by Gasteiger charge is -2.33. The number of likely N-dealkylation sites (N-methyl/N-ethyl adjacent to an activating group) is 1. The Kier molecular flexibility index (Phi) is 7.23. The first-order valence-electron chi connectivity index (χ1n) is 5.12. The lowest BCUT2D eigenvalue weighted by atomic mass is 9.82. The third kappa shape index (κ3) is 10.0. The molecule has 0 aliphatic rings. The summed E-state index contributed by atoms with van der Waals surface area (Å²) in [6, 6.07) is 0. The molecule has 0 fully saturated rings. The van der Waals surface area contributed by atoms with Gasteiger partial charge in [-0.2, -0.15) is 0 Å². The van der Waals surface area contributed by atoms with Crippen LogP contribution in [0.2, 0.25) is 0 Å². The molecule has 0 saturated carbocycles. The van der Waals surface area contributed by atoms with Gasteiger partial charge >= 0.3 is 0 Å². The van der Waals surface area contributed by atoms with E-state index >= 15 is 0 Å². The molecular weight excluding hydrogens is 212 g/mol. The van der Waals surface area contributed by atoms with Crippen LogP contribution in [0.25, 0.3) is 0 Å². The molecule has 0 aliphatic carbocycles. The van der Waals surface area contributed by atoms with Crippen molar-refractivity contribution in [3.8, 4) is 0 Å². The van der Waals surface area contributed by atoms with E-state index < -0.39 is 0 Å². The molecule has 0 saturated heterocycles. The molecular formula is C11H25ClN2O. The van der Waals surface area contributed by atoms with E-state index in [1.54, 1.807) is 7.05 Å². The fourth-order valence-electron chi connectivity index (χ4n) is 1.95. The smallest absolute Gasteiger partial charge is 0.234 e. The first kappa shape index (κ1) is 17.1. The van der Waals surface area contributed by atoms with Crippen LogP contribution >= 0.6 is 12.4 Å². The van der Waals surface area contributed by atoms with Gasteiger partial charge in [-0.3, -0.25) is 4.79 Å². The van der Waals surface area contributed by atoms with Crippen LogP contribution < -0.4 is 10.6 Å². The molecule has 0 bridgehead atoms. The standard InChI is InChI=1S/C11H24N2O.ClH/c1-10(2,3)8-11(4,5)13-9(14)7-12-6;/h12H,7-8H2,1-6H3,(H,13,14);1H. The summed E-state index contributed by atoms with van der Waals surface area (Å²) >= 11 is 0. The van der Waals surface area contributed by atoms with Gasteiger partial charge < -0.3 is 10.6 Å². The van der Waals surface area contributed by atoms with E-state index in [-0.39, 0.29) is 29.3 Å². The number of nitrogens with one attached hydrogen (secondary N) is 2. The Morgan fingerprint density at radius 2 is 1.60 bits per heavy atom. The number of carbonyl (C=O) groups is 1. The minimum absolute atomic E-state index is 0. The highest BCUT2D eigenvalue weighted by Crippen LogP contribution is 2.26. The Morgan fingerprint density at radius 3 is 1.93 bits per heavy atom. The Balaban J connectivity index is 0. The Hall–Kier alpha value is -0.280. The fourth-order valence-corrected chi connectivity index (χ4v) is 1.95. The predicted molar refractivity (Wildman–Crippen MR) is 67.5 cm³/mol. The van der Waals surface area contributed by atoms with Gasteiger partial charge in [-0.1, -0.05) is 20.8 Å². The van der Waals surface area contributed by atoms with Crippen molar-refractivity contribution in [3.05, 3.63) is 0 Å². The third-order valence-electron chi connectivity index (χ3n) is 1.79. The molecule has 15 heavy (non-hydrogen) atoms. The van der Waals surface area contributed by atoms with Gasteiger partial charge in [0.25, 0.3) is 0 Å². The summed E-state index contributed by atoms with van der Waals surface area (Å²) in [7, 11) is 1.77. The van der Waals surface area contributed by atoms with E-state index in [4.69, 9.17) is 0 Å². The summed E-state index contributed by atoms with van der Waals surface area (Å²) in [6.07, 6.45) is 0.968. The number of hydrogen-bond donors (Lipinski definition) is 2. The number of hydrogen-bond acceptors (Lipinski definition) is 2. The average Bonchev–Trinajstić information content (AvgIpc) is 1.78. The van der Waals surface area contributed by atoms with Crippen LogP contribution in [0.15, 0.2) is 0 Å². The lowest BCUT2D eigenvalue weighted by molar-refractivity contribution is -0.122. The molecule has 3 nitrogen and oxygen atoms in total.